The molecule has 0 aliphatic carbocycles. The Morgan fingerprint density at radius 1 is 1.11 bits per heavy atom. The van der Waals surface area contributed by atoms with E-state index in [-0.39, 0.29) is 34.7 Å². The summed E-state index contributed by atoms with van der Waals surface area (Å²) in [6, 6.07) is 11.3. The van der Waals surface area contributed by atoms with E-state index in [0.29, 0.717) is 23.5 Å². The zero-order chi connectivity index (χ0) is 25.7. The van der Waals surface area contributed by atoms with Crippen LogP contribution in [-0.2, 0) is 13.0 Å². The monoisotopic (exact) mass is 477 g/mol. The summed E-state index contributed by atoms with van der Waals surface area (Å²) in [6.07, 6.45) is 0.336. The average molecular weight is 477 g/mol. The van der Waals surface area contributed by atoms with Crippen molar-refractivity contribution < 1.29 is 19.5 Å². The lowest BCUT2D eigenvalue weighted by Crippen LogP contribution is -2.23. The van der Waals surface area contributed by atoms with Crippen molar-refractivity contribution in [2.75, 3.05) is 14.2 Å². The van der Waals surface area contributed by atoms with Gasteiger partial charge in [0.1, 0.15) is 11.6 Å². The van der Waals surface area contributed by atoms with Gasteiger partial charge in [-0.15, -0.1) is 10.2 Å². The van der Waals surface area contributed by atoms with E-state index in [1.807, 2.05) is 6.07 Å². The summed E-state index contributed by atoms with van der Waals surface area (Å²) in [5, 5.41) is 39.3. The number of aromatic hydroxyl groups is 1. The summed E-state index contributed by atoms with van der Waals surface area (Å²) >= 11 is 0. The van der Waals surface area contributed by atoms with Gasteiger partial charge in [0.05, 0.1) is 24.8 Å². The van der Waals surface area contributed by atoms with E-state index >= 15 is 0 Å². The SMILES string of the molecule is COc1ccc(CCn2c(O)c(C#N)c(C)c(N=Nc3cc([N+](=O)[O-])ccc3C)c2=O)cc1OC. The molecule has 0 atom stereocenters. The number of hydrogen-bond donors (Lipinski definition) is 1. The van der Waals surface area contributed by atoms with Gasteiger partial charge >= 0.3 is 0 Å². The molecular weight excluding hydrogens is 454 g/mol. The number of nitro groups is 1. The van der Waals surface area contributed by atoms with Crippen LogP contribution in [0.5, 0.6) is 17.4 Å². The average Bonchev–Trinajstić information content (AvgIpc) is 2.84. The summed E-state index contributed by atoms with van der Waals surface area (Å²) in [5.74, 6) is 0.600. The van der Waals surface area contributed by atoms with E-state index in [1.54, 1.807) is 25.1 Å². The van der Waals surface area contributed by atoms with Crippen LogP contribution in [0.3, 0.4) is 0 Å². The molecule has 0 bridgehead atoms. The van der Waals surface area contributed by atoms with Gasteiger partial charge in [0, 0.05) is 24.2 Å². The second kappa shape index (κ2) is 10.5. The predicted molar refractivity (Wildman–Crippen MR) is 127 cm³/mol. The highest BCUT2D eigenvalue weighted by Gasteiger charge is 2.20. The van der Waals surface area contributed by atoms with E-state index < -0.39 is 16.4 Å². The summed E-state index contributed by atoms with van der Waals surface area (Å²) in [5.41, 5.74) is 0.724. The van der Waals surface area contributed by atoms with Crippen LogP contribution in [0.2, 0.25) is 0 Å². The number of methoxy groups -OCH3 is 2. The number of non-ortho nitro benzene ring substituents is 1. The first-order chi connectivity index (χ1) is 16.7. The Morgan fingerprint density at radius 3 is 2.46 bits per heavy atom. The zero-order valence-corrected chi connectivity index (χ0v) is 19.6. The van der Waals surface area contributed by atoms with Crippen LogP contribution in [0.4, 0.5) is 17.1 Å². The molecule has 1 aromatic heterocycles. The number of nitriles is 1. The van der Waals surface area contributed by atoms with Crippen molar-refractivity contribution in [1.82, 2.24) is 4.57 Å². The molecule has 11 nitrogen and oxygen atoms in total. The smallest absolute Gasteiger partial charge is 0.281 e. The molecule has 0 saturated heterocycles. The molecule has 3 rings (SSSR count). The maximum Gasteiger partial charge on any atom is 0.281 e. The molecule has 35 heavy (non-hydrogen) atoms. The number of benzene rings is 2. The highest BCUT2D eigenvalue weighted by atomic mass is 16.6. The fourth-order valence-corrected chi connectivity index (χ4v) is 3.46. The summed E-state index contributed by atoms with van der Waals surface area (Å²) in [7, 11) is 3.04. The second-order valence-corrected chi connectivity index (χ2v) is 7.61. The number of nitrogens with zero attached hydrogens (tertiary/aromatic N) is 5. The van der Waals surface area contributed by atoms with Crippen molar-refractivity contribution in [3.8, 4) is 23.4 Å². The topological polar surface area (TPSA) is 152 Å². The second-order valence-electron chi connectivity index (χ2n) is 7.61. The lowest BCUT2D eigenvalue weighted by Gasteiger charge is -2.14. The van der Waals surface area contributed by atoms with Gasteiger partial charge in [-0.3, -0.25) is 19.5 Å². The minimum Gasteiger partial charge on any atom is -0.493 e. The number of aromatic nitrogens is 1. The Morgan fingerprint density at radius 2 is 1.83 bits per heavy atom. The van der Waals surface area contributed by atoms with Crippen LogP contribution in [0.15, 0.2) is 51.4 Å². The van der Waals surface area contributed by atoms with Crippen molar-refractivity contribution >= 4 is 17.1 Å². The van der Waals surface area contributed by atoms with Gasteiger partial charge in [0.25, 0.3) is 11.2 Å². The Bertz CT molecular complexity index is 1420. The molecule has 0 radical (unpaired) electrons. The van der Waals surface area contributed by atoms with Crippen molar-refractivity contribution in [2.24, 2.45) is 10.2 Å². The number of ether oxygens (including phenoxy) is 2. The van der Waals surface area contributed by atoms with Gasteiger partial charge in [-0.2, -0.15) is 5.26 Å². The summed E-state index contributed by atoms with van der Waals surface area (Å²) in [4.78, 5) is 23.7. The third-order valence-electron chi connectivity index (χ3n) is 5.50. The summed E-state index contributed by atoms with van der Waals surface area (Å²) < 4.78 is 11.6. The van der Waals surface area contributed by atoms with Crippen LogP contribution in [0.1, 0.15) is 22.3 Å². The number of hydrogen-bond acceptors (Lipinski definition) is 9. The van der Waals surface area contributed by atoms with Crippen LogP contribution in [-0.4, -0.2) is 28.8 Å². The van der Waals surface area contributed by atoms with E-state index in [9.17, 15) is 25.3 Å². The molecule has 180 valence electrons. The highest BCUT2D eigenvalue weighted by Crippen LogP contribution is 2.31. The van der Waals surface area contributed by atoms with Gasteiger partial charge in [-0.05, 0) is 43.5 Å². The molecule has 2 aromatic carbocycles. The lowest BCUT2D eigenvalue weighted by molar-refractivity contribution is -0.384. The molecule has 0 aliphatic heterocycles. The van der Waals surface area contributed by atoms with Crippen molar-refractivity contribution in [1.29, 1.82) is 5.26 Å². The largest absolute Gasteiger partial charge is 0.493 e. The quantitative estimate of drug-likeness (QED) is 0.282. The number of aryl methyl sites for hydroxylation is 2. The molecule has 1 heterocycles. The van der Waals surface area contributed by atoms with Gasteiger partial charge in [0.15, 0.2) is 17.2 Å². The van der Waals surface area contributed by atoms with Gasteiger partial charge in [-0.1, -0.05) is 12.1 Å². The fraction of sp³-hybridized carbons (Fsp3) is 0.250. The Hall–Kier alpha value is -4.72. The molecule has 3 aromatic rings. The first-order valence-corrected chi connectivity index (χ1v) is 10.5. The van der Waals surface area contributed by atoms with Crippen molar-refractivity contribution in [2.45, 2.75) is 26.8 Å². The molecule has 1 N–H and O–H groups in total. The zero-order valence-electron chi connectivity index (χ0n) is 19.6. The molecule has 0 unspecified atom stereocenters. The highest BCUT2D eigenvalue weighted by molar-refractivity contribution is 5.58. The molecule has 0 aliphatic rings. The van der Waals surface area contributed by atoms with Gasteiger partial charge < -0.3 is 14.6 Å². The number of rotatable bonds is 8. The molecule has 0 amide bonds. The fourth-order valence-electron chi connectivity index (χ4n) is 3.46. The third kappa shape index (κ3) is 5.11. The van der Waals surface area contributed by atoms with Gasteiger partial charge in [0.2, 0.25) is 5.88 Å². The van der Waals surface area contributed by atoms with Crippen LogP contribution < -0.4 is 15.0 Å². The molecule has 11 heteroatoms. The van der Waals surface area contributed by atoms with E-state index in [1.165, 1.54) is 39.3 Å². The number of azo groups is 1. The van der Waals surface area contributed by atoms with Crippen LogP contribution >= 0.6 is 0 Å². The van der Waals surface area contributed by atoms with Crippen molar-refractivity contribution in [3.05, 3.63) is 79.1 Å². The van der Waals surface area contributed by atoms with Gasteiger partial charge in [-0.25, -0.2) is 0 Å². The molecule has 0 saturated carbocycles. The Labute approximate surface area is 200 Å². The van der Waals surface area contributed by atoms with E-state index in [0.717, 1.165) is 10.1 Å². The first-order valence-electron chi connectivity index (χ1n) is 10.5. The molecule has 0 fully saturated rings. The minimum atomic E-state index is -0.647. The van der Waals surface area contributed by atoms with Crippen molar-refractivity contribution in [3.63, 3.8) is 0 Å². The Balaban J connectivity index is 2.02. The van der Waals surface area contributed by atoms with Crippen LogP contribution in [0, 0.1) is 35.3 Å². The third-order valence-corrected chi connectivity index (χ3v) is 5.50. The normalized spacial score (nSPS) is 10.8. The standard InChI is InChI=1S/C24H23N5O6/c1-14-5-7-17(29(32)33)12-19(14)26-27-22-15(2)18(13-25)23(30)28(24(22)31)10-9-16-6-8-20(34-3)21(11-16)35-4/h5-8,11-12,30H,9-10H2,1-4H3. The first kappa shape index (κ1) is 24.9. The maximum absolute atomic E-state index is 13.2. The summed E-state index contributed by atoms with van der Waals surface area (Å²) in [6.45, 7) is 3.23. The molecular formula is C24H23N5O6. The number of nitro benzene ring substituents is 1. The number of pyridine rings is 1. The Kier molecular flexibility index (Phi) is 7.46. The minimum absolute atomic E-state index is 0.0491. The lowest BCUT2D eigenvalue weighted by atomic mass is 10.1. The predicted octanol–water partition coefficient (Wildman–Crippen LogP) is 4.63. The van der Waals surface area contributed by atoms with Crippen LogP contribution in [0.25, 0.3) is 0 Å². The van der Waals surface area contributed by atoms with E-state index in [4.69, 9.17) is 9.47 Å². The van der Waals surface area contributed by atoms with E-state index in [2.05, 4.69) is 10.2 Å². The molecule has 0 spiro atoms. The maximum atomic E-state index is 13.2.